The third-order valence-corrected chi connectivity index (χ3v) is 4.54. The molecule has 4 heteroatoms. The van der Waals surface area contributed by atoms with Gasteiger partial charge in [-0.05, 0) is 34.4 Å². The molecule has 0 saturated heterocycles. The first-order chi connectivity index (χ1) is 14.6. The molecule has 30 heavy (non-hydrogen) atoms. The second-order valence-corrected chi connectivity index (χ2v) is 6.59. The van der Waals surface area contributed by atoms with Gasteiger partial charge in [0, 0.05) is 0 Å². The van der Waals surface area contributed by atoms with Crippen LogP contribution in [0, 0.1) is 0 Å². The fourth-order valence-corrected chi connectivity index (χ4v) is 2.79. The Morgan fingerprint density at radius 3 is 1.33 bits per heavy atom. The summed E-state index contributed by atoms with van der Waals surface area (Å²) in [4.78, 5) is 25.1. The van der Waals surface area contributed by atoms with Gasteiger partial charge in [-0.25, -0.2) is 9.59 Å². The van der Waals surface area contributed by atoms with Crippen LogP contribution in [0.1, 0.15) is 43.0 Å². The lowest BCUT2D eigenvalue weighted by Gasteiger charge is -2.10. The molecule has 0 aromatic heterocycles. The fraction of sp³-hybridized carbons (Fsp3) is 0.0769. The van der Waals surface area contributed by atoms with Crippen molar-refractivity contribution < 1.29 is 19.1 Å². The third-order valence-electron chi connectivity index (χ3n) is 4.54. The van der Waals surface area contributed by atoms with Crippen molar-refractivity contribution in [1.29, 1.82) is 0 Å². The van der Waals surface area contributed by atoms with E-state index < -0.39 is 11.9 Å². The van der Waals surface area contributed by atoms with Crippen LogP contribution in [0.2, 0.25) is 0 Å². The Morgan fingerprint density at radius 2 is 1.00 bits per heavy atom. The molecule has 0 saturated carbocycles. The van der Waals surface area contributed by atoms with Crippen molar-refractivity contribution in [2.45, 2.75) is 13.2 Å². The van der Waals surface area contributed by atoms with Crippen LogP contribution < -0.4 is 0 Å². The summed E-state index contributed by atoms with van der Waals surface area (Å²) in [6.07, 6.45) is 3.48. The minimum Gasteiger partial charge on any atom is -0.457 e. The van der Waals surface area contributed by atoms with Gasteiger partial charge in [0.2, 0.25) is 0 Å². The first-order valence-corrected chi connectivity index (χ1v) is 9.46. The summed E-state index contributed by atoms with van der Waals surface area (Å²) < 4.78 is 10.8. The Hall–Kier alpha value is -3.92. The van der Waals surface area contributed by atoms with Gasteiger partial charge in [0.15, 0.2) is 0 Å². The Balaban J connectivity index is 1.64. The van der Waals surface area contributed by atoms with Crippen LogP contribution in [0.25, 0.3) is 12.2 Å². The maximum absolute atomic E-state index is 12.6. The predicted octanol–water partition coefficient (Wildman–Crippen LogP) is 5.69. The largest absolute Gasteiger partial charge is 0.457 e. The molecule has 0 amide bonds. The maximum Gasteiger partial charge on any atom is 0.339 e. The van der Waals surface area contributed by atoms with E-state index in [0.717, 1.165) is 22.3 Å². The highest BCUT2D eigenvalue weighted by atomic mass is 16.5. The maximum atomic E-state index is 12.6. The van der Waals surface area contributed by atoms with Crippen LogP contribution in [-0.4, -0.2) is 11.9 Å². The van der Waals surface area contributed by atoms with Gasteiger partial charge in [-0.3, -0.25) is 0 Å². The van der Waals surface area contributed by atoms with Crippen LogP contribution in [0.3, 0.4) is 0 Å². The van der Waals surface area contributed by atoms with Gasteiger partial charge in [0.25, 0.3) is 0 Å². The van der Waals surface area contributed by atoms with Crippen molar-refractivity contribution in [2.24, 2.45) is 0 Å². The Morgan fingerprint density at radius 1 is 0.633 bits per heavy atom. The zero-order valence-corrected chi connectivity index (χ0v) is 16.5. The number of carbonyl (C=O) groups is 2. The molecular formula is C26H22O4. The minimum atomic E-state index is -0.578. The smallest absolute Gasteiger partial charge is 0.339 e. The molecule has 0 bridgehead atoms. The average molecular weight is 398 g/mol. The molecule has 4 nitrogen and oxygen atoms in total. The molecule has 0 heterocycles. The van der Waals surface area contributed by atoms with E-state index in [-0.39, 0.29) is 24.3 Å². The van der Waals surface area contributed by atoms with Crippen molar-refractivity contribution in [3.8, 4) is 0 Å². The summed E-state index contributed by atoms with van der Waals surface area (Å²) in [5.41, 5.74) is 4.00. The quantitative estimate of drug-likeness (QED) is 0.458. The molecule has 0 radical (unpaired) electrons. The SMILES string of the molecule is C=Cc1ccc(COC(=O)c2ccccc2C(=O)OCc2ccc(C=C)cc2)cc1. The lowest BCUT2D eigenvalue weighted by molar-refractivity contribution is 0.0425. The highest BCUT2D eigenvalue weighted by molar-refractivity contribution is 6.03. The van der Waals surface area contributed by atoms with E-state index in [4.69, 9.17) is 9.47 Å². The zero-order chi connectivity index (χ0) is 21.3. The van der Waals surface area contributed by atoms with Gasteiger partial charge in [-0.1, -0.05) is 86.0 Å². The molecule has 0 aliphatic carbocycles. The number of hydrogen-bond donors (Lipinski definition) is 0. The monoisotopic (exact) mass is 398 g/mol. The van der Waals surface area contributed by atoms with E-state index in [0.29, 0.717) is 0 Å². The van der Waals surface area contributed by atoms with E-state index in [2.05, 4.69) is 13.2 Å². The highest BCUT2D eigenvalue weighted by Gasteiger charge is 2.19. The summed E-state index contributed by atoms with van der Waals surface area (Å²) >= 11 is 0. The fourth-order valence-electron chi connectivity index (χ4n) is 2.79. The molecule has 0 aliphatic rings. The second-order valence-electron chi connectivity index (χ2n) is 6.59. The van der Waals surface area contributed by atoms with Crippen LogP contribution >= 0.6 is 0 Å². The summed E-state index contributed by atoms with van der Waals surface area (Å²) in [5, 5.41) is 0. The van der Waals surface area contributed by atoms with E-state index in [1.165, 1.54) is 0 Å². The van der Waals surface area contributed by atoms with Crippen molar-refractivity contribution in [1.82, 2.24) is 0 Å². The van der Waals surface area contributed by atoms with E-state index in [1.807, 2.05) is 48.5 Å². The third kappa shape index (κ3) is 5.32. The van der Waals surface area contributed by atoms with Crippen molar-refractivity contribution >= 4 is 24.1 Å². The summed E-state index contributed by atoms with van der Waals surface area (Å²) in [6.45, 7) is 7.63. The van der Waals surface area contributed by atoms with Gasteiger partial charge in [-0.15, -0.1) is 0 Å². The first-order valence-electron chi connectivity index (χ1n) is 9.46. The van der Waals surface area contributed by atoms with E-state index in [9.17, 15) is 9.59 Å². The summed E-state index contributed by atoms with van der Waals surface area (Å²) in [6, 6.07) is 21.5. The van der Waals surface area contributed by atoms with Crippen LogP contribution in [0.15, 0.2) is 86.0 Å². The molecular weight excluding hydrogens is 376 g/mol. The molecule has 0 aliphatic heterocycles. The Labute approximate surface area is 176 Å². The number of benzene rings is 3. The minimum absolute atomic E-state index is 0.106. The number of esters is 2. The van der Waals surface area contributed by atoms with Crippen LogP contribution in [-0.2, 0) is 22.7 Å². The van der Waals surface area contributed by atoms with Gasteiger partial charge >= 0.3 is 11.9 Å². The standard InChI is InChI=1S/C26H22O4/c1-3-19-9-13-21(14-10-19)17-29-25(27)23-7-5-6-8-24(23)26(28)30-18-22-15-11-20(4-2)12-16-22/h3-16H,1-2,17-18H2. The van der Waals surface area contributed by atoms with Gasteiger partial charge < -0.3 is 9.47 Å². The summed E-state index contributed by atoms with van der Waals surface area (Å²) in [5.74, 6) is -1.16. The van der Waals surface area contributed by atoms with Crippen LogP contribution in [0.4, 0.5) is 0 Å². The van der Waals surface area contributed by atoms with E-state index in [1.54, 1.807) is 36.4 Å². The van der Waals surface area contributed by atoms with E-state index >= 15 is 0 Å². The normalized spacial score (nSPS) is 10.1. The van der Waals surface area contributed by atoms with Gasteiger partial charge in [0.1, 0.15) is 13.2 Å². The van der Waals surface area contributed by atoms with Crippen molar-refractivity contribution in [3.63, 3.8) is 0 Å². The van der Waals surface area contributed by atoms with Crippen molar-refractivity contribution in [2.75, 3.05) is 0 Å². The molecule has 0 spiro atoms. The Kier molecular flexibility index (Phi) is 6.95. The number of ether oxygens (including phenoxy) is 2. The molecule has 3 rings (SSSR count). The zero-order valence-electron chi connectivity index (χ0n) is 16.5. The summed E-state index contributed by atoms with van der Waals surface area (Å²) in [7, 11) is 0. The molecule has 0 atom stereocenters. The number of hydrogen-bond acceptors (Lipinski definition) is 4. The predicted molar refractivity (Wildman–Crippen MR) is 118 cm³/mol. The first kappa shape index (κ1) is 20.8. The molecule has 3 aromatic carbocycles. The van der Waals surface area contributed by atoms with Gasteiger partial charge in [0.05, 0.1) is 11.1 Å². The van der Waals surface area contributed by atoms with Crippen LogP contribution in [0.5, 0.6) is 0 Å². The molecule has 150 valence electrons. The van der Waals surface area contributed by atoms with Crippen molar-refractivity contribution in [3.05, 3.63) is 119 Å². The molecule has 0 unspecified atom stereocenters. The topological polar surface area (TPSA) is 52.6 Å². The lowest BCUT2D eigenvalue weighted by Crippen LogP contribution is -2.14. The average Bonchev–Trinajstić information content (AvgIpc) is 2.81. The Bertz CT molecular complexity index is 961. The van der Waals surface area contributed by atoms with Gasteiger partial charge in [-0.2, -0.15) is 0 Å². The second kappa shape index (κ2) is 10.0. The molecule has 0 fully saturated rings. The number of rotatable bonds is 8. The lowest BCUT2D eigenvalue weighted by atomic mass is 10.1. The molecule has 0 N–H and O–H groups in total. The molecule has 3 aromatic rings. The highest BCUT2D eigenvalue weighted by Crippen LogP contribution is 2.15. The number of carbonyl (C=O) groups excluding carboxylic acids is 2.